The lowest BCUT2D eigenvalue weighted by atomic mass is 10.1. The first-order chi connectivity index (χ1) is 9.02. The Labute approximate surface area is 114 Å². The van der Waals surface area contributed by atoms with Gasteiger partial charge in [0.25, 0.3) is 0 Å². The molecule has 0 saturated carbocycles. The van der Waals surface area contributed by atoms with E-state index in [1.807, 2.05) is 45.0 Å². The fourth-order valence-corrected chi connectivity index (χ4v) is 1.61. The van der Waals surface area contributed by atoms with E-state index < -0.39 is 0 Å². The third kappa shape index (κ3) is 5.45. The van der Waals surface area contributed by atoms with Gasteiger partial charge in [-0.05, 0) is 38.5 Å². The predicted octanol–water partition coefficient (Wildman–Crippen LogP) is 1.80. The number of hydrogen-bond acceptors (Lipinski definition) is 2. The fraction of sp³-hybridized carbons (Fsp3) is 0.400. The minimum Gasteiger partial charge on any atom is -0.384 e. The Bertz CT molecular complexity index is 486. The molecule has 1 rings (SSSR count). The van der Waals surface area contributed by atoms with Gasteiger partial charge in [-0.2, -0.15) is 0 Å². The maximum absolute atomic E-state index is 11.6. The molecule has 1 aromatic rings. The van der Waals surface area contributed by atoms with Crippen molar-refractivity contribution < 1.29 is 9.90 Å². The van der Waals surface area contributed by atoms with Crippen molar-refractivity contribution >= 4 is 6.03 Å². The van der Waals surface area contributed by atoms with Crippen LogP contribution in [-0.4, -0.2) is 23.8 Å². The largest absolute Gasteiger partial charge is 0.384 e. The summed E-state index contributed by atoms with van der Waals surface area (Å²) in [5.41, 5.74) is 1.80. The Hall–Kier alpha value is -1.99. The number of aliphatic hydroxyl groups is 1. The van der Waals surface area contributed by atoms with Crippen molar-refractivity contribution in [2.45, 2.75) is 32.9 Å². The van der Waals surface area contributed by atoms with Gasteiger partial charge in [-0.1, -0.05) is 24.0 Å². The average molecular weight is 260 g/mol. The van der Waals surface area contributed by atoms with Crippen LogP contribution in [-0.2, 0) is 0 Å². The van der Waals surface area contributed by atoms with Crippen LogP contribution in [0.4, 0.5) is 4.79 Å². The van der Waals surface area contributed by atoms with Gasteiger partial charge in [0.15, 0.2) is 0 Å². The van der Waals surface area contributed by atoms with Crippen LogP contribution < -0.4 is 10.6 Å². The number of carbonyl (C=O) groups is 1. The van der Waals surface area contributed by atoms with Crippen LogP contribution in [0.5, 0.6) is 0 Å². The molecular weight excluding hydrogens is 240 g/mol. The highest BCUT2D eigenvalue weighted by Gasteiger charge is 2.09. The number of benzene rings is 1. The Morgan fingerprint density at radius 1 is 1.32 bits per heavy atom. The van der Waals surface area contributed by atoms with Gasteiger partial charge in [0.1, 0.15) is 6.61 Å². The number of amides is 2. The number of urea groups is 1. The lowest BCUT2D eigenvalue weighted by molar-refractivity contribution is 0.235. The molecule has 19 heavy (non-hydrogen) atoms. The molecule has 102 valence electrons. The third-order valence-corrected chi connectivity index (χ3v) is 2.47. The number of nitrogens with one attached hydrogen (secondary N) is 2. The van der Waals surface area contributed by atoms with Crippen molar-refractivity contribution in [3.05, 3.63) is 35.4 Å². The molecule has 4 nitrogen and oxygen atoms in total. The van der Waals surface area contributed by atoms with E-state index in [9.17, 15) is 4.79 Å². The summed E-state index contributed by atoms with van der Waals surface area (Å²) < 4.78 is 0. The van der Waals surface area contributed by atoms with E-state index in [0.29, 0.717) is 0 Å². The van der Waals surface area contributed by atoms with Crippen LogP contribution in [0, 0.1) is 11.8 Å². The summed E-state index contributed by atoms with van der Waals surface area (Å²) in [5, 5.41) is 14.3. The van der Waals surface area contributed by atoms with E-state index in [4.69, 9.17) is 5.11 Å². The SMILES string of the molecule is CC(C)NC(=O)NC(C)c1cccc(C#CCO)c1. The molecule has 0 radical (unpaired) electrons. The maximum Gasteiger partial charge on any atom is 0.315 e. The monoisotopic (exact) mass is 260 g/mol. The van der Waals surface area contributed by atoms with Crippen LogP contribution in [0.25, 0.3) is 0 Å². The van der Waals surface area contributed by atoms with Gasteiger partial charge in [0.05, 0.1) is 6.04 Å². The molecule has 0 fully saturated rings. The Kier molecular flexibility index (Phi) is 5.91. The quantitative estimate of drug-likeness (QED) is 0.726. The summed E-state index contributed by atoms with van der Waals surface area (Å²) in [6.07, 6.45) is 0. The minimum absolute atomic E-state index is 0.102. The summed E-state index contributed by atoms with van der Waals surface area (Å²) >= 11 is 0. The third-order valence-electron chi connectivity index (χ3n) is 2.47. The zero-order valence-corrected chi connectivity index (χ0v) is 11.5. The van der Waals surface area contributed by atoms with Crippen LogP contribution >= 0.6 is 0 Å². The van der Waals surface area contributed by atoms with Crippen molar-refractivity contribution in [1.29, 1.82) is 0 Å². The number of rotatable bonds is 3. The smallest absolute Gasteiger partial charge is 0.315 e. The van der Waals surface area contributed by atoms with E-state index in [1.54, 1.807) is 0 Å². The lowest BCUT2D eigenvalue weighted by Gasteiger charge is -2.16. The molecule has 3 N–H and O–H groups in total. The van der Waals surface area contributed by atoms with Gasteiger partial charge < -0.3 is 15.7 Å². The normalized spacial score (nSPS) is 11.4. The second kappa shape index (κ2) is 7.45. The first-order valence-electron chi connectivity index (χ1n) is 6.29. The van der Waals surface area contributed by atoms with E-state index in [0.717, 1.165) is 11.1 Å². The van der Waals surface area contributed by atoms with Gasteiger partial charge in [0.2, 0.25) is 0 Å². The van der Waals surface area contributed by atoms with Gasteiger partial charge in [-0.3, -0.25) is 0 Å². The molecule has 2 amide bonds. The zero-order chi connectivity index (χ0) is 14.3. The second-order valence-electron chi connectivity index (χ2n) is 4.58. The standard InChI is InChI=1S/C15H20N2O2/c1-11(2)16-15(19)17-12(3)14-8-4-6-13(10-14)7-5-9-18/h4,6,8,10-12,18H,9H2,1-3H3,(H2,16,17,19). The molecule has 0 heterocycles. The summed E-state index contributed by atoms with van der Waals surface area (Å²) in [6.45, 7) is 5.58. The predicted molar refractivity (Wildman–Crippen MR) is 75.6 cm³/mol. The molecule has 4 heteroatoms. The van der Waals surface area contributed by atoms with Crippen molar-refractivity contribution in [3.8, 4) is 11.8 Å². The van der Waals surface area contributed by atoms with Crippen molar-refractivity contribution in [1.82, 2.24) is 10.6 Å². The van der Waals surface area contributed by atoms with E-state index >= 15 is 0 Å². The molecule has 0 bridgehead atoms. The van der Waals surface area contributed by atoms with E-state index in [2.05, 4.69) is 22.5 Å². The van der Waals surface area contributed by atoms with Gasteiger partial charge in [-0.15, -0.1) is 0 Å². The molecule has 0 aliphatic rings. The van der Waals surface area contributed by atoms with E-state index in [1.165, 1.54) is 0 Å². The van der Waals surface area contributed by atoms with Crippen LogP contribution in [0.2, 0.25) is 0 Å². The highest BCUT2D eigenvalue weighted by Crippen LogP contribution is 2.13. The Morgan fingerprint density at radius 3 is 2.68 bits per heavy atom. The van der Waals surface area contributed by atoms with Crippen LogP contribution in [0.3, 0.4) is 0 Å². The van der Waals surface area contributed by atoms with Crippen molar-refractivity contribution in [2.24, 2.45) is 0 Å². The molecule has 0 saturated heterocycles. The Morgan fingerprint density at radius 2 is 2.05 bits per heavy atom. The molecule has 1 aromatic carbocycles. The second-order valence-corrected chi connectivity index (χ2v) is 4.58. The first kappa shape index (κ1) is 15.1. The Balaban J connectivity index is 2.71. The van der Waals surface area contributed by atoms with Gasteiger partial charge >= 0.3 is 6.03 Å². The molecule has 1 unspecified atom stereocenters. The molecule has 0 aromatic heterocycles. The molecule has 0 aliphatic heterocycles. The van der Waals surface area contributed by atoms with Gasteiger partial charge in [-0.25, -0.2) is 4.79 Å². The summed E-state index contributed by atoms with van der Waals surface area (Å²) in [7, 11) is 0. The topological polar surface area (TPSA) is 61.4 Å². The number of hydrogen-bond donors (Lipinski definition) is 3. The highest BCUT2D eigenvalue weighted by atomic mass is 16.2. The lowest BCUT2D eigenvalue weighted by Crippen LogP contribution is -2.40. The fourth-order valence-electron chi connectivity index (χ4n) is 1.61. The van der Waals surface area contributed by atoms with E-state index in [-0.39, 0.29) is 24.7 Å². The summed E-state index contributed by atoms with van der Waals surface area (Å²) in [5.74, 6) is 5.45. The molecule has 0 spiro atoms. The molecule has 1 atom stereocenters. The van der Waals surface area contributed by atoms with Crippen molar-refractivity contribution in [3.63, 3.8) is 0 Å². The van der Waals surface area contributed by atoms with Crippen molar-refractivity contribution in [2.75, 3.05) is 6.61 Å². The van der Waals surface area contributed by atoms with Crippen LogP contribution in [0.15, 0.2) is 24.3 Å². The highest BCUT2D eigenvalue weighted by molar-refractivity contribution is 5.74. The molecule has 0 aliphatic carbocycles. The first-order valence-corrected chi connectivity index (χ1v) is 6.29. The molecular formula is C15H20N2O2. The number of carbonyl (C=O) groups excluding carboxylic acids is 1. The number of aliphatic hydroxyl groups excluding tert-OH is 1. The van der Waals surface area contributed by atoms with Crippen LogP contribution in [0.1, 0.15) is 37.9 Å². The maximum atomic E-state index is 11.6. The average Bonchev–Trinajstić information content (AvgIpc) is 2.35. The van der Waals surface area contributed by atoms with Gasteiger partial charge in [0, 0.05) is 11.6 Å². The summed E-state index contributed by atoms with van der Waals surface area (Å²) in [4.78, 5) is 11.6. The minimum atomic E-state index is -0.186. The summed E-state index contributed by atoms with van der Waals surface area (Å²) in [6, 6.07) is 7.41. The zero-order valence-electron chi connectivity index (χ0n) is 11.5.